The Morgan fingerprint density at radius 3 is 2.46 bits per heavy atom. The van der Waals surface area contributed by atoms with Crippen LogP contribution in [0.15, 0.2) is 53.5 Å². The molecule has 2 N–H and O–H groups in total. The van der Waals surface area contributed by atoms with E-state index < -0.39 is 0 Å². The highest BCUT2D eigenvalue weighted by atomic mass is 127. The molecule has 0 aliphatic rings. The number of nitrogens with zero attached hydrogens (tertiary/aromatic N) is 2. The maximum absolute atomic E-state index is 6.21. The Labute approximate surface area is 179 Å². The van der Waals surface area contributed by atoms with Crippen LogP contribution in [0.1, 0.15) is 23.6 Å². The van der Waals surface area contributed by atoms with Gasteiger partial charge in [0.1, 0.15) is 0 Å². The van der Waals surface area contributed by atoms with Gasteiger partial charge in [-0.15, -0.1) is 24.0 Å². The Kier molecular flexibility index (Phi) is 10.6. The number of benzene rings is 2. The molecule has 0 unspecified atom stereocenters. The van der Waals surface area contributed by atoms with Crippen LogP contribution >= 0.6 is 35.6 Å². The van der Waals surface area contributed by atoms with Crippen molar-refractivity contribution < 1.29 is 0 Å². The van der Waals surface area contributed by atoms with Crippen LogP contribution in [-0.4, -0.2) is 31.5 Å². The molecule has 0 aromatic heterocycles. The van der Waals surface area contributed by atoms with Gasteiger partial charge in [-0.05, 0) is 43.8 Å². The van der Waals surface area contributed by atoms with Crippen molar-refractivity contribution >= 4 is 41.5 Å². The molecule has 2 aromatic carbocycles. The molecule has 0 heterocycles. The number of aliphatic imine (C=N–C) groups is 1. The van der Waals surface area contributed by atoms with Crippen molar-refractivity contribution in [2.24, 2.45) is 4.99 Å². The summed E-state index contributed by atoms with van der Waals surface area (Å²) in [6, 6.07) is 16.4. The fourth-order valence-electron chi connectivity index (χ4n) is 2.52. The van der Waals surface area contributed by atoms with Crippen molar-refractivity contribution in [3.05, 3.63) is 70.2 Å². The molecule has 0 aliphatic heterocycles. The van der Waals surface area contributed by atoms with Crippen LogP contribution in [0.5, 0.6) is 0 Å². The number of rotatable bonds is 7. The van der Waals surface area contributed by atoms with E-state index in [0.29, 0.717) is 13.1 Å². The van der Waals surface area contributed by atoms with Crippen LogP contribution in [0, 0.1) is 0 Å². The maximum atomic E-state index is 6.21. The maximum Gasteiger partial charge on any atom is 0.191 e. The van der Waals surface area contributed by atoms with Gasteiger partial charge in [0.25, 0.3) is 0 Å². The molecule has 0 bridgehead atoms. The molecule has 2 rings (SSSR count). The normalized spacial score (nSPS) is 11.2. The van der Waals surface area contributed by atoms with Crippen LogP contribution < -0.4 is 10.6 Å². The molecule has 0 saturated carbocycles. The molecule has 0 saturated heterocycles. The Balaban J connectivity index is 0.00000338. The van der Waals surface area contributed by atoms with E-state index in [1.807, 2.05) is 24.3 Å². The molecule has 0 amide bonds. The van der Waals surface area contributed by atoms with E-state index >= 15 is 0 Å². The van der Waals surface area contributed by atoms with Gasteiger partial charge in [0.05, 0.1) is 6.54 Å². The first-order valence-electron chi connectivity index (χ1n) is 8.56. The molecule has 0 spiro atoms. The second-order valence-electron chi connectivity index (χ2n) is 6.20. The van der Waals surface area contributed by atoms with Gasteiger partial charge in [-0.25, -0.2) is 4.99 Å². The van der Waals surface area contributed by atoms with E-state index in [4.69, 9.17) is 11.6 Å². The summed E-state index contributed by atoms with van der Waals surface area (Å²) in [6.07, 6.45) is 0. The van der Waals surface area contributed by atoms with Crippen LogP contribution in [0.25, 0.3) is 0 Å². The lowest BCUT2D eigenvalue weighted by Crippen LogP contribution is -2.36. The zero-order valence-corrected chi connectivity index (χ0v) is 18.7. The first kappa shape index (κ1) is 22.7. The summed E-state index contributed by atoms with van der Waals surface area (Å²) in [4.78, 5) is 6.85. The highest BCUT2D eigenvalue weighted by Crippen LogP contribution is 2.14. The third-order valence-corrected chi connectivity index (χ3v) is 4.03. The molecule has 0 atom stereocenters. The fraction of sp³-hybridized carbons (Fsp3) is 0.350. The van der Waals surface area contributed by atoms with E-state index in [9.17, 15) is 0 Å². The number of halogens is 2. The minimum absolute atomic E-state index is 0. The van der Waals surface area contributed by atoms with Crippen LogP contribution in [0.3, 0.4) is 0 Å². The van der Waals surface area contributed by atoms with E-state index in [2.05, 4.69) is 65.8 Å². The lowest BCUT2D eigenvalue weighted by molar-refractivity contribution is 0.402. The molecule has 0 aliphatic carbocycles. The predicted molar refractivity (Wildman–Crippen MR) is 122 cm³/mol. The van der Waals surface area contributed by atoms with Crippen molar-refractivity contribution in [3.8, 4) is 0 Å². The molecule has 6 heteroatoms. The quantitative estimate of drug-likeness (QED) is 0.349. The predicted octanol–water partition coefficient (Wildman–Crippen LogP) is 4.27. The Bertz CT molecular complexity index is 704. The van der Waals surface area contributed by atoms with Gasteiger partial charge in [0, 0.05) is 24.7 Å². The lowest BCUT2D eigenvalue weighted by Gasteiger charge is -2.13. The fourth-order valence-corrected chi connectivity index (χ4v) is 2.73. The van der Waals surface area contributed by atoms with Crippen molar-refractivity contribution in [2.75, 3.05) is 20.6 Å². The summed E-state index contributed by atoms with van der Waals surface area (Å²) < 4.78 is 0. The highest BCUT2D eigenvalue weighted by Gasteiger charge is 2.02. The zero-order valence-electron chi connectivity index (χ0n) is 15.6. The van der Waals surface area contributed by atoms with E-state index in [1.165, 1.54) is 11.1 Å². The van der Waals surface area contributed by atoms with Crippen LogP contribution in [0.2, 0.25) is 5.02 Å². The van der Waals surface area contributed by atoms with E-state index in [0.717, 1.165) is 29.6 Å². The molecular weight excluding hydrogens is 459 g/mol. The topological polar surface area (TPSA) is 39.7 Å². The van der Waals surface area contributed by atoms with Gasteiger partial charge in [-0.3, -0.25) is 0 Å². The number of guanidine groups is 1. The average Bonchev–Trinajstić information content (AvgIpc) is 2.58. The molecule has 0 radical (unpaired) electrons. The number of hydrogen-bond acceptors (Lipinski definition) is 2. The van der Waals surface area contributed by atoms with Gasteiger partial charge in [-0.1, -0.05) is 54.1 Å². The minimum Gasteiger partial charge on any atom is -0.357 e. The molecule has 2 aromatic rings. The SMILES string of the molecule is CCNC(=NCc1cccc(CN(C)C)c1)NCc1ccccc1Cl.I. The average molecular weight is 487 g/mol. The van der Waals surface area contributed by atoms with E-state index in [-0.39, 0.29) is 24.0 Å². The van der Waals surface area contributed by atoms with Gasteiger partial charge in [0.15, 0.2) is 5.96 Å². The summed E-state index contributed by atoms with van der Waals surface area (Å²) in [5, 5.41) is 7.38. The third-order valence-electron chi connectivity index (χ3n) is 3.66. The van der Waals surface area contributed by atoms with Crippen LogP contribution in [-0.2, 0) is 19.6 Å². The van der Waals surface area contributed by atoms with Gasteiger partial charge in [0.2, 0.25) is 0 Å². The largest absolute Gasteiger partial charge is 0.357 e. The number of hydrogen-bond donors (Lipinski definition) is 2. The molecular formula is C20H28ClIN4. The summed E-state index contributed by atoms with van der Waals surface area (Å²) in [6.45, 7) is 5.09. The lowest BCUT2D eigenvalue weighted by atomic mass is 10.1. The second kappa shape index (κ2) is 12.1. The monoisotopic (exact) mass is 486 g/mol. The van der Waals surface area contributed by atoms with Gasteiger partial charge >= 0.3 is 0 Å². The summed E-state index contributed by atoms with van der Waals surface area (Å²) in [7, 11) is 4.15. The van der Waals surface area contributed by atoms with Crippen molar-refractivity contribution in [2.45, 2.75) is 26.6 Å². The van der Waals surface area contributed by atoms with Gasteiger partial charge < -0.3 is 15.5 Å². The number of nitrogens with one attached hydrogen (secondary N) is 2. The summed E-state index contributed by atoms with van der Waals surface area (Å²) in [5.41, 5.74) is 3.56. The Morgan fingerprint density at radius 2 is 1.77 bits per heavy atom. The summed E-state index contributed by atoms with van der Waals surface area (Å²) >= 11 is 6.21. The van der Waals surface area contributed by atoms with Gasteiger partial charge in [-0.2, -0.15) is 0 Å². The summed E-state index contributed by atoms with van der Waals surface area (Å²) in [5.74, 6) is 0.792. The van der Waals surface area contributed by atoms with Crippen LogP contribution in [0.4, 0.5) is 0 Å². The minimum atomic E-state index is 0. The Hall–Kier alpha value is -1.31. The molecule has 4 nitrogen and oxygen atoms in total. The smallest absolute Gasteiger partial charge is 0.191 e. The zero-order chi connectivity index (χ0) is 18.1. The second-order valence-corrected chi connectivity index (χ2v) is 6.61. The van der Waals surface area contributed by atoms with Crippen molar-refractivity contribution in [3.63, 3.8) is 0 Å². The third kappa shape index (κ3) is 7.93. The molecule has 0 fully saturated rings. The Morgan fingerprint density at radius 1 is 1.04 bits per heavy atom. The van der Waals surface area contributed by atoms with Crippen molar-refractivity contribution in [1.29, 1.82) is 0 Å². The first-order chi connectivity index (χ1) is 12.1. The molecule has 26 heavy (non-hydrogen) atoms. The molecule has 142 valence electrons. The van der Waals surface area contributed by atoms with E-state index in [1.54, 1.807) is 0 Å². The van der Waals surface area contributed by atoms with Crippen molar-refractivity contribution in [1.82, 2.24) is 15.5 Å². The standard InChI is InChI=1S/C20H27ClN4.HI/c1-4-22-20(24-14-18-10-5-6-11-19(18)21)23-13-16-8-7-9-17(12-16)15-25(2)3;/h5-12H,4,13-15H2,1-3H3,(H2,22,23,24);1H. The highest BCUT2D eigenvalue weighted by molar-refractivity contribution is 14.0. The first-order valence-corrected chi connectivity index (χ1v) is 8.94.